The summed E-state index contributed by atoms with van der Waals surface area (Å²) in [4.78, 5) is 14.3. The Morgan fingerprint density at radius 1 is 1.18 bits per heavy atom. The Labute approximate surface area is 128 Å². The van der Waals surface area contributed by atoms with Crippen molar-refractivity contribution in [2.24, 2.45) is 5.73 Å². The zero-order chi connectivity index (χ0) is 15.7. The highest BCUT2D eigenvalue weighted by atomic mass is 16.4. The van der Waals surface area contributed by atoms with Crippen LogP contribution < -0.4 is 5.73 Å². The molecule has 1 atom stereocenters. The summed E-state index contributed by atoms with van der Waals surface area (Å²) in [7, 11) is 0. The number of nitrogens with one attached hydrogen (secondary N) is 1. The Kier molecular flexibility index (Phi) is 3.69. The fourth-order valence-electron chi connectivity index (χ4n) is 2.76. The predicted octanol–water partition coefficient (Wildman–Crippen LogP) is 3.10. The molecule has 0 radical (unpaired) electrons. The van der Waals surface area contributed by atoms with Crippen LogP contribution in [0.15, 0.2) is 48.5 Å². The van der Waals surface area contributed by atoms with Crippen molar-refractivity contribution in [1.82, 2.24) is 4.98 Å². The lowest BCUT2D eigenvalue weighted by atomic mass is 9.99. The number of aromatic amines is 1. The molecule has 0 bridgehead atoms. The van der Waals surface area contributed by atoms with Gasteiger partial charge in [-0.3, -0.25) is 4.79 Å². The summed E-state index contributed by atoms with van der Waals surface area (Å²) in [5, 5.41) is 10.1. The number of carboxylic acids is 1. The second-order valence-corrected chi connectivity index (χ2v) is 5.50. The minimum atomic E-state index is -0.979. The molecule has 4 heteroatoms. The molecule has 22 heavy (non-hydrogen) atoms. The van der Waals surface area contributed by atoms with E-state index in [1.807, 2.05) is 31.2 Å². The van der Waals surface area contributed by atoms with E-state index >= 15 is 0 Å². The maximum absolute atomic E-state index is 11.0. The van der Waals surface area contributed by atoms with E-state index in [-0.39, 0.29) is 0 Å². The normalized spacial score (nSPS) is 12.5. The van der Waals surface area contributed by atoms with Gasteiger partial charge in [0.15, 0.2) is 0 Å². The monoisotopic (exact) mass is 294 g/mol. The lowest BCUT2D eigenvalue weighted by Gasteiger charge is -2.07. The van der Waals surface area contributed by atoms with Gasteiger partial charge in [0.1, 0.15) is 6.04 Å². The van der Waals surface area contributed by atoms with Crippen LogP contribution in [0.1, 0.15) is 11.3 Å². The van der Waals surface area contributed by atoms with E-state index in [4.69, 9.17) is 10.8 Å². The second kappa shape index (κ2) is 5.66. The van der Waals surface area contributed by atoms with Crippen molar-refractivity contribution in [2.45, 2.75) is 19.4 Å². The lowest BCUT2D eigenvalue weighted by molar-refractivity contribution is -0.138. The minimum Gasteiger partial charge on any atom is -0.480 e. The third-order valence-electron chi connectivity index (χ3n) is 3.97. The largest absolute Gasteiger partial charge is 0.480 e. The second-order valence-electron chi connectivity index (χ2n) is 5.50. The molecule has 1 aromatic heterocycles. The van der Waals surface area contributed by atoms with Gasteiger partial charge < -0.3 is 15.8 Å². The van der Waals surface area contributed by atoms with Gasteiger partial charge >= 0.3 is 5.97 Å². The van der Waals surface area contributed by atoms with Gasteiger partial charge in [0, 0.05) is 23.0 Å². The van der Waals surface area contributed by atoms with Gasteiger partial charge in [-0.15, -0.1) is 0 Å². The van der Waals surface area contributed by atoms with Gasteiger partial charge in [0.25, 0.3) is 0 Å². The molecule has 0 aliphatic carbocycles. The van der Waals surface area contributed by atoms with Crippen LogP contribution in [-0.2, 0) is 11.2 Å². The Hall–Kier alpha value is -2.59. The summed E-state index contributed by atoms with van der Waals surface area (Å²) in [6, 6.07) is 15.4. The molecule has 1 unspecified atom stereocenters. The van der Waals surface area contributed by atoms with Crippen molar-refractivity contribution in [1.29, 1.82) is 0 Å². The number of aliphatic carboxylic acids is 1. The molecule has 3 aromatic rings. The van der Waals surface area contributed by atoms with E-state index < -0.39 is 12.0 Å². The molecule has 2 aromatic carbocycles. The number of carboxylic acid groups (broad SMARTS) is 1. The molecular weight excluding hydrogens is 276 g/mol. The summed E-state index contributed by atoms with van der Waals surface area (Å²) in [5.74, 6) is -0.979. The van der Waals surface area contributed by atoms with Crippen molar-refractivity contribution in [2.75, 3.05) is 0 Å². The van der Waals surface area contributed by atoms with Gasteiger partial charge in [0.05, 0.1) is 0 Å². The molecule has 0 aliphatic rings. The van der Waals surface area contributed by atoms with Crippen molar-refractivity contribution in [3.05, 3.63) is 59.8 Å². The van der Waals surface area contributed by atoms with Crippen molar-refractivity contribution < 1.29 is 9.90 Å². The number of nitrogens with two attached hydrogens (primary N) is 1. The molecule has 0 fully saturated rings. The van der Waals surface area contributed by atoms with Crippen molar-refractivity contribution >= 4 is 16.9 Å². The standard InChI is InChI=1S/C18H18N2O2/c1-11-14(10-16(19)18(21)22)15-9-13(7-8-17(15)20-11)12-5-3-2-4-6-12/h2-9,16,20H,10,19H2,1H3,(H,21,22). The van der Waals surface area contributed by atoms with Crippen LogP contribution in [0, 0.1) is 6.92 Å². The number of hydrogen-bond acceptors (Lipinski definition) is 2. The van der Waals surface area contributed by atoms with Crippen molar-refractivity contribution in [3.63, 3.8) is 0 Å². The zero-order valence-electron chi connectivity index (χ0n) is 12.3. The number of rotatable bonds is 4. The van der Waals surface area contributed by atoms with Gasteiger partial charge in [0.2, 0.25) is 0 Å². The van der Waals surface area contributed by atoms with E-state index in [2.05, 4.69) is 29.2 Å². The molecule has 0 saturated heterocycles. The van der Waals surface area contributed by atoms with E-state index in [9.17, 15) is 4.79 Å². The molecular formula is C18H18N2O2. The number of aryl methyl sites for hydroxylation is 1. The number of aromatic nitrogens is 1. The van der Waals surface area contributed by atoms with E-state index in [0.717, 1.165) is 33.3 Å². The number of benzene rings is 2. The first-order valence-corrected chi connectivity index (χ1v) is 7.21. The van der Waals surface area contributed by atoms with E-state index in [0.29, 0.717) is 6.42 Å². The van der Waals surface area contributed by atoms with Gasteiger partial charge in [-0.2, -0.15) is 0 Å². The Morgan fingerprint density at radius 2 is 1.91 bits per heavy atom. The predicted molar refractivity (Wildman–Crippen MR) is 87.8 cm³/mol. The quantitative estimate of drug-likeness (QED) is 0.691. The maximum atomic E-state index is 11.0. The molecule has 0 aliphatic heterocycles. The van der Waals surface area contributed by atoms with E-state index in [1.54, 1.807) is 0 Å². The summed E-state index contributed by atoms with van der Waals surface area (Å²) in [5.41, 5.74) is 10.9. The fourth-order valence-corrected chi connectivity index (χ4v) is 2.76. The van der Waals surface area contributed by atoms with Crippen LogP contribution >= 0.6 is 0 Å². The molecule has 112 valence electrons. The molecule has 0 amide bonds. The summed E-state index contributed by atoms with van der Waals surface area (Å²) in [6.45, 7) is 1.95. The van der Waals surface area contributed by atoms with Crippen LogP contribution in [0.4, 0.5) is 0 Å². The highest BCUT2D eigenvalue weighted by Crippen LogP contribution is 2.28. The van der Waals surface area contributed by atoms with Crippen LogP contribution in [0.5, 0.6) is 0 Å². The van der Waals surface area contributed by atoms with Crippen LogP contribution in [0.2, 0.25) is 0 Å². The average Bonchev–Trinajstić information content (AvgIpc) is 2.83. The molecule has 4 N–H and O–H groups in total. The lowest BCUT2D eigenvalue weighted by Crippen LogP contribution is -2.32. The fraction of sp³-hybridized carbons (Fsp3) is 0.167. The molecule has 1 heterocycles. The molecule has 0 saturated carbocycles. The van der Waals surface area contributed by atoms with Crippen molar-refractivity contribution in [3.8, 4) is 11.1 Å². The zero-order valence-corrected chi connectivity index (χ0v) is 12.3. The van der Waals surface area contributed by atoms with E-state index in [1.165, 1.54) is 0 Å². The first kappa shape index (κ1) is 14.4. The Balaban J connectivity index is 2.09. The maximum Gasteiger partial charge on any atom is 0.320 e. The number of fused-ring (bicyclic) bond motifs is 1. The van der Waals surface area contributed by atoms with Crippen LogP contribution in [0.25, 0.3) is 22.0 Å². The third kappa shape index (κ3) is 2.61. The number of carbonyl (C=O) groups is 1. The van der Waals surface area contributed by atoms with Gasteiger partial charge in [-0.25, -0.2) is 0 Å². The highest BCUT2D eigenvalue weighted by Gasteiger charge is 2.17. The van der Waals surface area contributed by atoms with Gasteiger partial charge in [-0.05, 0) is 35.7 Å². The Bertz CT molecular complexity index is 822. The Morgan fingerprint density at radius 3 is 2.59 bits per heavy atom. The molecule has 0 spiro atoms. The molecule has 3 rings (SSSR count). The summed E-state index contributed by atoms with van der Waals surface area (Å²) < 4.78 is 0. The third-order valence-corrected chi connectivity index (χ3v) is 3.97. The molecule has 4 nitrogen and oxygen atoms in total. The average molecular weight is 294 g/mol. The summed E-state index contributed by atoms with van der Waals surface area (Å²) in [6.07, 6.45) is 0.319. The smallest absolute Gasteiger partial charge is 0.320 e. The summed E-state index contributed by atoms with van der Waals surface area (Å²) >= 11 is 0. The number of H-pyrrole nitrogens is 1. The van der Waals surface area contributed by atoms with Gasteiger partial charge in [-0.1, -0.05) is 36.4 Å². The highest BCUT2D eigenvalue weighted by molar-refractivity contribution is 5.89. The first-order valence-electron chi connectivity index (χ1n) is 7.21. The SMILES string of the molecule is Cc1[nH]c2ccc(-c3ccccc3)cc2c1CC(N)C(=O)O. The van der Waals surface area contributed by atoms with Crippen LogP contribution in [0.3, 0.4) is 0 Å². The minimum absolute atomic E-state index is 0.319. The topological polar surface area (TPSA) is 79.1 Å². The first-order chi connectivity index (χ1) is 10.6. The number of hydrogen-bond donors (Lipinski definition) is 3. The van der Waals surface area contributed by atoms with Crippen LogP contribution in [-0.4, -0.2) is 22.1 Å².